The van der Waals surface area contributed by atoms with Crippen LogP contribution in [0.1, 0.15) is 31.4 Å². The molecule has 2 aromatic rings. The molecule has 4 nitrogen and oxygen atoms in total. The first-order valence-electron chi connectivity index (χ1n) is 6.78. The molecule has 19 heavy (non-hydrogen) atoms. The number of aromatic nitrogens is 2. The molecule has 0 spiro atoms. The second-order valence-corrected chi connectivity index (χ2v) is 5.06. The molecule has 0 saturated heterocycles. The Balaban J connectivity index is 1.84. The molecule has 1 N–H and O–H groups in total. The van der Waals surface area contributed by atoms with Gasteiger partial charge in [-0.05, 0) is 18.4 Å². The van der Waals surface area contributed by atoms with Crippen molar-refractivity contribution in [3.8, 4) is 6.07 Å². The van der Waals surface area contributed by atoms with E-state index < -0.39 is 0 Å². The second-order valence-electron chi connectivity index (χ2n) is 5.06. The molecule has 1 fully saturated rings. The van der Waals surface area contributed by atoms with E-state index in [1.165, 1.54) is 25.7 Å². The van der Waals surface area contributed by atoms with E-state index >= 15 is 0 Å². The monoisotopic (exact) mass is 252 g/mol. The fourth-order valence-corrected chi connectivity index (χ4v) is 2.49. The highest BCUT2D eigenvalue weighted by Crippen LogP contribution is 2.30. The van der Waals surface area contributed by atoms with Crippen molar-refractivity contribution in [1.82, 2.24) is 10.2 Å². The maximum Gasteiger partial charge on any atom is 0.186 e. The molecule has 1 aromatic heterocycles. The molecular formula is C15H16N4. The highest BCUT2D eigenvalue weighted by molar-refractivity contribution is 5.92. The van der Waals surface area contributed by atoms with Gasteiger partial charge in [-0.1, -0.05) is 37.5 Å². The number of hydrogen-bond donors (Lipinski definition) is 1. The lowest BCUT2D eigenvalue weighted by molar-refractivity contribution is 0.303. The molecule has 1 heterocycles. The molecule has 1 aliphatic rings. The van der Waals surface area contributed by atoms with Crippen LogP contribution in [0.2, 0.25) is 0 Å². The van der Waals surface area contributed by atoms with Gasteiger partial charge in [0, 0.05) is 11.9 Å². The second kappa shape index (κ2) is 5.23. The zero-order valence-electron chi connectivity index (χ0n) is 10.8. The van der Waals surface area contributed by atoms with Gasteiger partial charge in [-0.15, -0.1) is 10.2 Å². The highest BCUT2D eigenvalue weighted by Gasteiger charge is 2.17. The van der Waals surface area contributed by atoms with E-state index in [1.54, 1.807) is 0 Å². The Kier molecular flexibility index (Phi) is 3.28. The minimum atomic E-state index is 0.382. The predicted molar refractivity (Wildman–Crippen MR) is 74.7 cm³/mol. The van der Waals surface area contributed by atoms with Crippen LogP contribution >= 0.6 is 0 Å². The van der Waals surface area contributed by atoms with Crippen LogP contribution in [0, 0.1) is 17.2 Å². The van der Waals surface area contributed by atoms with Gasteiger partial charge in [-0.3, -0.25) is 0 Å². The summed E-state index contributed by atoms with van der Waals surface area (Å²) in [4.78, 5) is 0. The van der Waals surface area contributed by atoms with E-state index in [2.05, 4.69) is 21.6 Å². The van der Waals surface area contributed by atoms with Crippen molar-refractivity contribution in [3.63, 3.8) is 0 Å². The van der Waals surface area contributed by atoms with Gasteiger partial charge >= 0.3 is 0 Å². The van der Waals surface area contributed by atoms with Crippen LogP contribution in [0.5, 0.6) is 0 Å². The molecule has 0 amide bonds. The molecular weight excluding hydrogens is 236 g/mol. The number of fused-ring (bicyclic) bond motifs is 1. The molecule has 0 bridgehead atoms. The molecule has 0 unspecified atom stereocenters. The average Bonchev–Trinajstić information content (AvgIpc) is 2.41. The van der Waals surface area contributed by atoms with E-state index in [4.69, 9.17) is 5.26 Å². The van der Waals surface area contributed by atoms with Crippen molar-refractivity contribution in [3.05, 3.63) is 30.0 Å². The van der Waals surface area contributed by atoms with Crippen LogP contribution in [0.15, 0.2) is 24.3 Å². The Hall–Kier alpha value is -2.15. The minimum absolute atomic E-state index is 0.382. The predicted octanol–water partition coefficient (Wildman–Crippen LogP) is 3.10. The van der Waals surface area contributed by atoms with Crippen LogP contribution in [0.4, 0.5) is 5.69 Å². The summed E-state index contributed by atoms with van der Waals surface area (Å²) >= 11 is 0. The molecule has 1 saturated carbocycles. The van der Waals surface area contributed by atoms with E-state index in [0.717, 1.165) is 29.1 Å². The van der Waals surface area contributed by atoms with Crippen LogP contribution < -0.4 is 5.32 Å². The summed E-state index contributed by atoms with van der Waals surface area (Å²) in [6, 6.07) is 9.91. The fraction of sp³-hybridized carbons (Fsp3) is 0.400. The lowest BCUT2D eigenvalue weighted by Crippen LogP contribution is -2.16. The topological polar surface area (TPSA) is 61.6 Å². The summed E-state index contributed by atoms with van der Waals surface area (Å²) in [5.74, 6) is 0.860. The zero-order chi connectivity index (χ0) is 13.1. The van der Waals surface area contributed by atoms with Crippen molar-refractivity contribution in [2.24, 2.45) is 5.92 Å². The van der Waals surface area contributed by atoms with Crippen molar-refractivity contribution in [2.75, 3.05) is 11.9 Å². The summed E-state index contributed by atoms with van der Waals surface area (Å²) in [7, 11) is 0. The number of hydrogen-bond acceptors (Lipinski definition) is 4. The van der Waals surface area contributed by atoms with Gasteiger partial charge in [-0.2, -0.15) is 5.26 Å². The molecule has 0 radical (unpaired) electrons. The quantitative estimate of drug-likeness (QED) is 0.908. The Labute approximate surface area is 112 Å². The van der Waals surface area contributed by atoms with Crippen LogP contribution in [0.25, 0.3) is 10.9 Å². The number of rotatable bonds is 4. The Morgan fingerprint density at radius 3 is 2.84 bits per heavy atom. The lowest BCUT2D eigenvalue weighted by atomic mass is 9.83. The van der Waals surface area contributed by atoms with Gasteiger partial charge in [0.05, 0.1) is 11.2 Å². The molecule has 96 valence electrons. The fourth-order valence-electron chi connectivity index (χ4n) is 2.49. The van der Waals surface area contributed by atoms with Gasteiger partial charge in [-0.25, -0.2) is 0 Å². The summed E-state index contributed by atoms with van der Waals surface area (Å²) < 4.78 is 0. The van der Waals surface area contributed by atoms with Gasteiger partial charge < -0.3 is 5.32 Å². The summed E-state index contributed by atoms with van der Waals surface area (Å²) in [5, 5.41) is 21.6. The van der Waals surface area contributed by atoms with E-state index in [-0.39, 0.29) is 0 Å². The van der Waals surface area contributed by atoms with Crippen LogP contribution in [0.3, 0.4) is 0 Å². The SMILES string of the molecule is N#Cc1nnc2ccccc2c1NCCC1CCC1. The first kappa shape index (κ1) is 11.9. The third kappa shape index (κ3) is 2.37. The maximum absolute atomic E-state index is 9.15. The highest BCUT2D eigenvalue weighted by atomic mass is 15.1. The Bertz CT molecular complexity index is 626. The molecule has 4 heteroatoms. The first-order chi connectivity index (χ1) is 9.38. The van der Waals surface area contributed by atoms with E-state index in [9.17, 15) is 0 Å². The van der Waals surface area contributed by atoms with Crippen LogP contribution in [-0.4, -0.2) is 16.7 Å². The average molecular weight is 252 g/mol. The number of anilines is 1. The molecule has 0 aliphatic heterocycles. The minimum Gasteiger partial charge on any atom is -0.382 e. The van der Waals surface area contributed by atoms with Crippen molar-refractivity contribution in [2.45, 2.75) is 25.7 Å². The van der Waals surface area contributed by atoms with Crippen molar-refractivity contribution < 1.29 is 0 Å². The molecule has 1 aromatic carbocycles. The standard InChI is InChI=1S/C15H16N4/c16-10-14-15(17-9-8-11-4-3-5-11)12-6-1-2-7-13(12)18-19-14/h1-2,6-7,11H,3-5,8-9H2,(H,17,18). The third-order valence-corrected chi connectivity index (χ3v) is 3.85. The molecule has 3 rings (SSSR count). The van der Waals surface area contributed by atoms with E-state index in [0.29, 0.717) is 5.69 Å². The summed E-state index contributed by atoms with van der Waals surface area (Å²) in [5.41, 5.74) is 2.03. The smallest absolute Gasteiger partial charge is 0.186 e. The lowest BCUT2D eigenvalue weighted by Gasteiger charge is -2.25. The number of nitriles is 1. The van der Waals surface area contributed by atoms with Gasteiger partial charge in [0.25, 0.3) is 0 Å². The molecule has 1 aliphatic carbocycles. The Morgan fingerprint density at radius 1 is 1.26 bits per heavy atom. The van der Waals surface area contributed by atoms with Crippen molar-refractivity contribution in [1.29, 1.82) is 5.26 Å². The number of nitrogens with one attached hydrogen (secondary N) is 1. The third-order valence-electron chi connectivity index (χ3n) is 3.85. The van der Waals surface area contributed by atoms with E-state index in [1.807, 2.05) is 24.3 Å². The van der Waals surface area contributed by atoms with Gasteiger partial charge in [0.15, 0.2) is 5.69 Å². The zero-order valence-corrected chi connectivity index (χ0v) is 10.8. The van der Waals surface area contributed by atoms with Crippen molar-refractivity contribution >= 4 is 16.6 Å². The Morgan fingerprint density at radius 2 is 2.11 bits per heavy atom. The summed E-state index contributed by atoms with van der Waals surface area (Å²) in [6.07, 6.45) is 5.24. The molecule has 0 atom stereocenters. The normalized spacial score (nSPS) is 14.9. The van der Waals surface area contributed by atoms with Gasteiger partial charge in [0.1, 0.15) is 6.07 Å². The number of nitrogens with zero attached hydrogens (tertiary/aromatic N) is 3. The van der Waals surface area contributed by atoms with Gasteiger partial charge in [0.2, 0.25) is 0 Å². The maximum atomic E-state index is 9.15. The summed E-state index contributed by atoms with van der Waals surface area (Å²) in [6.45, 7) is 0.898. The van der Waals surface area contributed by atoms with Crippen LogP contribution in [-0.2, 0) is 0 Å². The largest absolute Gasteiger partial charge is 0.382 e. The number of benzene rings is 1. The first-order valence-corrected chi connectivity index (χ1v) is 6.78.